The molecule has 16 heavy (non-hydrogen) atoms. The molecule has 0 rings (SSSR count). The predicted octanol–water partition coefficient (Wildman–Crippen LogP) is 1.50. The van der Waals surface area contributed by atoms with Gasteiger partial charge in [-0.3, -0.25) is 0 Å². The van der Waals surface area contributed by atoms with E-state index < -0.39 is 0 Å². The minimum atomic E-state index is 0.363. The van der Waals surface area contributed by atoms with Gasteiger partial charge in [-0.2, -0.15) is 0 Å². The molecule has 0 aliphatic rings. The SMILES string of the molecule is COCCCCC(=NO)C(CCOC)=NO. The summed E-state index contributed by atoms with van der Waals surface area (Å²) in [5.41, 5.74) is 0.761. The number of hydrogen-bond acceptors (Lipinski definition) is 6. The minimum Gasteiger partial charge on any atom is -0.411 e. The summed E-state index contributed by atoms with van der Waals surface area (Å²) in [6.07, 6.45) is 2.68. The lowest BCUT2D eigenvalue weighted by molar-refractivity contribution is 0.193. The van der Waals surface area contributed by atoms with Gasteiger partial charge >= 0.3 is 0 Å². The van der Waals surface area contributed by atoms with Crippen molar-refractivity contribution in [1.29, 1.82) is 0 Å². The average molecular weight is 232 g/mol. The third-order valence-electron chi connectivity index (χ3n) is 2.13. The molecule has 6 nitrogen and oxygen atoms in total. The van der Waals surface area contributed by atoms with E-state index in [1.807, 2.05) is 0 Å². The molecule has 0 saturated carbocycles. The van der Waals surface area contributed by atoms with Gasteiger partial charge in [0.25, 0.3) is 0 Å². The maximum Gasteiger partial charge on any atom is 0.107 e. The monoisotopic (exact) mass is 232 g/mol. The molecule has 0 aliphatic heterocycles. The minimum absolute atomic E-state index is 0.363. The Morgan fingerprint density at radius 3 is 1.94 bits per heavy atom. The molecule has 0 heterocycles. The number of hydrogen-bond donors (Lipinski definition) is 2. The van der Waals surface area contributed by atoms with Crippen molar-refractivity contribution in [2.24, 2.45) is 10.3 Å². The summed E-state index contributed by atoms with van der Waals surface area (Å²) < 4.78 is 9.77. The molecule has 0 aliphatic carbocycles. The molecule has 2 N–H and O–H groups in total. The predicted molar refractivity (Wildman–Crippen MR) is 60.7 cm³/mol. The first-order chi connectivity index (χ1) is 7.79. The van der Waals surface area contributed by atoms with Crippen molar-refractivity contribution in [3.05, 3.63) is 0 Å². The topological polar surface area (TPSA) is 83.6 Å². The summed E-state index contributed by atoms with van der Waals surface area (Å²) in [5, 5.41) is 23.8. The van der Waals surface area contributed by atoms with Crippen LogP contribution in [0.25, 0.3) is 0 Å². The Kier molecular flexibility index (Phi) is 9.64. The summed E-state index contributed by atoms with van der Waals surface area (Å²) in [6, 6.07) is 0. The van der Waals surface area contributed by atoms with Crippen LogP contribution in [0.15, 0.2) is 10.3 Å². The normalized spacial score (nSPS) is 13.1. The first-order valence-corrected chi connectivity index (χ1v) is 5.20. The molecule has 0 aromatic rings. The quantitative estimate of drug-likeness (QED) is 0.273. The maximum absolute atomic E-state index is 8.81. The van der Waals surface area contributed by atoms with E-state index in [1.54, 1.807) is 14.2 Å². The van der Waals surface area contributed by atoms with E-state index in [4.69, 9.17) is 19.9 Å². The molecule has 6 heteroatoms. The second-order valence-corrected chi connectivity index (χ2v) is 3.29. The van der Waals surface area contributed by atoms with Gasteiger partial charge < -0.3 is 19.9 Å². The van der Waals surface area contributed by atoms with E-state index in [0.29, 0.717) is 37.5 Å². The summed E-state index contributed by atoms with van der Waals surface area (Å²) in [7, 11) is 3.20. The van der Waals surface area contributed by atoms with Gasteiger partial charge in [-0.05, 0) is 19.3 Å². The average Bonchev–Trinajstić information content (AvgIpc) is 2.32. The molecule has 94 valence electrons. The van der Waals surface area contributed by atoms with Gasteiger partial charge in [0.15, 0.2) is 0 Å². The molecule has 0 fully saturated rings. The highest BCUT2D eigenvalue weighted by atomic mass is 16.5. The Hall–Kier alpha value is -1.14. The summed E-state index contributed by atoms with van der Waals surface area (Å²) in [4.78, 5) is 0. The first-order valence-electron chi connectivity index (χ1n) is 5.20. The van der Waals surface area contributed by atoms with Gasteiger partial charge in [-0.25, -0.2) is 0 Å². The number of rotatable bonds is 9. The Morgan fingerprint density at radius 2 is 1.44 bits per heavy atom. The van der Waals surface area contributed by atoms with Gasteiger partial charge in [0, 0.05) is 27.2 Å². The number of ether oxygens (including phenoxy) is 2. The van der Waals surface area contributed by atoms with E-state index in [9.17, 15) is 0 Å². The van der Waals surface area contributed by atoms with Crippen molar-refractivity contribution in [3.8, 4) is 0 Å². The van der Waals surface area contributed by atoms with Crippen LogP contribution in [0.4, 0.5) is 0 Å². The fourth-order valence-electron chi connectivity index (χ4n) is 1.24. The van der Waals surface area contributed by atoms with Crippen LogP contribution in [0.2, 0.25) is 0 Å². The van der Waals surface area contributed by atoms with Crippen molar-refractivity contribution >= 4 is 11.4 Å². The van der Waals surface area contributed by atoms with Crippen molar-refractivity contribution < 1.29 is 19.9 Å². The number of oxime groups is 2. The fourth-order valence-corrected chi connectivity index (χ4v) is 1.24. The van der Waals surface area contributed by atoms with Crippen LogP contribution in [0.1, 0.15) is 25.7 Å². The molecular formula is C10H20N2O4. The highest BCUT2D eigenvalue weighted by Crippen LogP contribution is 2.03. The van der Waals surface area contributed by atoms with Crippen LogP contribution in [-0.4, -0.2) is 49.3 Å². The second kappa shape index (κ2) is 10.4. The van der Waals surface area contributed by atoms with E-state index in [1.165, 1.54) is 0 Å². The van der Waals surface area contributed by atoms with E-state index in [2.05, 4.69) is 10.3 Å². The zero-order valence-corrected chi connectivity index (χ0v) is 9.85. The van der Waals surface area contributed by atoms with E-state index >= 15 is 0 Å². The molecule has 0 saturated heterocycles. The number of unbranched alkanes of at least 4 members (excludes halogenated alkanes) is 1. The van der Waals surface area contributed by atoms with Crippen LogP contribution in [0.3, 0.4) is 0 Å². The van der Waals surface area contributed by atoms with Crippen LogP contribution in [0.5, 0.6) is 0 Å². The van der Waals surface area contributed by atoms with Gasteiger partial charge in [0.1, 0.15) is 11.4 Å². The lowest BCUT2D eigenvalue weighted by Gasteiger charge is -2.06. The van der Waals surface area contributed by atoms with Crippen molar-refractivity contribution in [1.82, 2.24) is 0 Å². The lowest BCUT2D eigenvalue weighted by Crippen LogP contribution is -2.17. The smallest absolute Gasteiger partial charge is 0.107 e. The van der Waals surface area contributed by atoms with Crippen LogP contribution >= 0.6 is 0 Å². The molecule has 0 bridgehead atoms. The zero-order valence-electron chi connectivity index (χ0n) is 9.85. The van der Waals surface area contributed by atoms with Crippen molar-refractivity contribution in [2.75, 3.05) is 27.4 Å². The summed E-state index contributed by atoms with van der Waals surface area (Å²) >= 11 is 0. The highest BCUT2D eigenvalue weighted by molar-refractivity contribution is 6.42. The van der Waals surface area contributed by atoms with E-state index in [-0.39, 0.29) is 0 Å². The molecule has 0 radical (unpaired) electrons. The van der Waals surface area contributed by atoms with Gasteiger partial charge in [0.05, 0.1) is 6.61 Å². The van der Waals surface area contributed by atoms with Crippen LogP contribution in [-0.2, 0) is 9.47 Å². The molecule has 0 atom stereocenters. The Morgan fingerprint density at radius 1 is 0.875 bits per heavy atom. The molecule has 0 unspecified atom stereocenters. The molecular weight excluding hydrogens is 212 g/mol. The van der Waals surface area contributed by atoms with Crippen LogP contribution < -0.4 is 0 Å². The second-order valence-electron chi connectivity index (χ2n) is 3.29. The summed E-state index contributed by atoms with van der Waals surface area (Å²) in [5.74, 6) is 0. The fraction of sp³-hybridized carbons (Fsp3) is 0.800. The third-order valence-corrected chi connectivity index (χ3v) is 2.13. The van der Waals surface area contributed by atoms with Crippen LogP contribution in [0, 0.1) is 0 Å². The lowest BCUT2D eigenvalue weighted by atomic mass is 10.1. The van der Waals surface area contributed by atoms with Gasteiger partial charge in [-0.1, -0.05) is 10.3 Å². The Labute approximate surface area is 95.5 Å². The van der Waals surface area contributed by atoms with Crippen molar-refractivity contribution in [3.63, 3.8) is 0 Å². The molecule has 0 spiro atoms. The van der Waals surface area contributed by atoms with Gasteiger partial charge in [-0.15, -0.1) is 0 Å². The molecule has 0 aromatic carbocycles. The Bertz CT molecular complexity index is 229. The largest absolute Gasteiger partial charge is 0.411 e. The molecule has 0 aromatic heterocycles. The number of nitrogens with zero attached hydrogens (tertiary/aromatic N) is 2. The number of methoxy groups -OCH3 is 2. The molecule has 0 amide bonds. The maximum atomic E-state index is 8.81. The third kappa shape index (κ3) is 6.36. The standard InChI is InChI=1S/C10H20N2O4/c1-15-7-4-3-5-9(11-13)10(12-14)6-8-16-2/h13-14H,3-8H2,1-2H3. The highest BCUT2D eigenvalue weighted by Gasteiger charge is 2.10. The zero-order chi connectivity index (χ0) is 12.2. The van der Waals surface area contributed by atoms with E-state index in [0.717, 1.165) is 12.8 Å². The van der Waals surface area contributed by atoms with Gasteiger partial charge in [0.2, 0.25) is 0 Å². The van der Waals surface area contributed by atoms with Crippen molar-refractivity contribution in [2.45, 2.75) is 25.7 Å². The first kappa shape index (κ1) is 14.9. The Balaban J connectivity index is 4.04. The summed E-state index contributed by atoms with van der Waals surface area (Å²) in [6.45, 7) is 1.10.